The zero-order chi connectivity index (χ0) is 15.3. The number of rotatable bonds is 6. The van der Waals surface area contributed by atoms with Crippen molar-refractivity contribution in [2.45, 2.75) is 17.7 Å². The van der Waals surface area contributed by atoms with Crippen LogP contribution in [0.2, 0.25) is 0 Å². The first-order valence-corrected chi connectivity index (χ1v) is 8.90. The van der Waals surface area contributed by atoms with Crippen molar-refractivity contribution in [3.63, 3.8) is 0 Å². The highest BCUT2D eigenvalue weighted by atomic mass is 79.9. The summed E-state index contributed by atoms with van der Waals surface area (Å²) in [7, 11) is -3.83. The van der Waals surface area contributed by atoms with Crippen molar-refractivity contribution in [1.82, 2.24) is 4.98 Å². The van der Waals surface area contributed by atoms with E-state index in [0.29, 0.717) is 5.69 Å². The number of benzene rings is 1. The van der Waals surface area contributed by atoms with Crippen molar-refractivity contribution in [2.75, 3.05) is 10.1 Å². The van der Waals surface area contributed by atoms with Crippen LogP contribution in [0.1, 0.15) is 12.0 Å². The quantitative estimate of drug-likeness (QED) is 0.790. The predicted molar refractivity (Wildman–Crippen MR) is 83.6 cm³/mol. The van der Waals surface area contributed by atoms with E-state index < -0.39 is 15.8 Å². The molecule has 4 nitrogen and oxygen atoms in total. The smallest absolute Gasteiger partial charge is 0.263 e. The van der Waals surface area contributed by atoms with Gasteiger partial charge in [0.1, 0.15) is 10.7 Å². The Morgan fingerprint density at radius 2 is 2.05 bits per heavy atom. The number of pyridine rings is 1. The number of hydrogen-bond acceptors (Lipinski definition) is 3. The molecule has 1 N–H and O–H groups in total. The zero-order valence-electron chi connectivity index (χ0n) is 11.1. The minimum absolute atomic E-state index is 0.201. The summed E-state index contributed by atoms with van der Waals surface area (Å²) in [5, 5.41) is 0.887. The molecule has 0 aliphatic rings. The molecule has 0 spiro atoms. The lowest BCUT2D eigenvalue weighted by Crippen LogP contribution is -2.13. The molecule has 0 unspecified atom stereocenters. The molecular weight excluding hydrogens is 359 g/mol. The van der Waals surface area contributed by atoms with E-state index in [-0.39, 0.29) is 4.90 Å². The Morgan fingerprint density at radius 3 is 2.76 bits per heavy atom. The minimum atomic E-state index is -3.83. The summed E-state index contributed by atoms with van der Waals surface area (Å²) in [6.45, 7) is 0. The van der Waals surface area contributed by atoms with Crippen LogP contribution in [0.3, 0.4) is 0 Å². The zero-order valence-corrected chi connectivity index (χ0v) is 13.5. The van der Waals surface area contributed by atoms with Gasteiger partial charge in [-0.25, -0.2) is 12.8 Å². The Bertz CT molecular complexity index is 722. The third-order valence-corrected chi connectivity index (χ3v) is 4.68. The lowest BCUT2D eigenvalue weighted by molar-refractivity contribution is 0.592. The van der Waals surface area contributed by atoms with Crippen LogP contribution in [0.4, 0.5) is 10.1 Å². The minimum Gasteiger partial charge on any atom is -0.280 e. The molecule has 2 aromatic rings. The van der Waals surface area contributed by atoms with Crippen LogP contribution in [0.15, 0.2) is 47.6 Å². The molecule has 0 bridgehead atoms. The van der Waals surface area contributed by atoms with E-state index in [1.165, 1.54) is 0 Å². The molecular formula is C14H14BrFN2O2S. The average Bonchev–Trinajstić information content (AvgIpc) is 2.45. The maximum Gasteiger partial charge on any atom is 0.263 e. The van der Waals surface area contributed by atoms with Crippen LogP contribution in [0, 0.1) is 5.82 Å². The highest BCUT2D eigenvalue weighted by molar-refractivity contribution is 9.09. The second-order valence-electron chi connectivity index (χ2n) is 4.44. The lowest BCUT2D eigenvalue weighted by atomic mass is 10.1. The van der Waals surface area contributed by atoms with Gasteiger partial charge in [0.2, 0.25) is 0 Å². The van der Waals surface area contributed by atoms with Crippen LogP contribution >= 0.6 is 15.9 Å². The number of nitrogens with zero attached hydrogens (tertiary/aromatic N) is 1. The van der Waals surface area contributed by atoms with Gasteiger partial charge in [0.05, 0.1) is 6.20 Å². The SMILES string of the molecule is O=S(=O)(Nc1cccc(CCCBr)c1)c1cncc(F)c1. The summed E-state index contributed by atoms with van der Waals surface area (Å²) in [4.78, 5) is 3.35. The number of anilines is 1. The Morgan fingerprint density at radius 1 is 1.24 bits per heavy atom. The molecule has 2 rings (SSSR count). The van der Waals surface area contributed by atoms with Crippen molar-refractivity contribution >= 4 is 31.6 Å². The number of sulfonamides is 1. The maximum atomic E-state index is 13.1. The van der Waals surface area contributed by atoms with E-state index in [4.69, 9.17) is 0 Å². The number of alkyl halides is 1. The molecule has 1 aromatic heterocycles. The van der Waals surface area contributed by atoms with Gasteiger partial charge >= 0.3 is 0 Å². The first-order chi connectivity index (χ1) is 10.0. The van der Waals surface area contributed by atoms with Crippen LogP contribution < -0.4 is 4.72 Å². The molecule has 0 saturated carbocycles. The third kappa shape index (κ3) is 4.50. The van der Waals surface area contributed by atoms with E-state index in [1.807, 2.05) is 6.07 Å². The number of aromatic nitrogens is 1. The van der Waals surface area contributed by atoms with E-state index in [9.17, 15) is 12.8 Å². The highest BCUT2D eigenvalue weighted by Crippen LogP contribution is 2.18. The lowest BCUT2D eigenvalue weighted by Gasteiger charge is -2.09. The summed E-state index contributed by atoms with van der Waals surface area (Å²) < 4.78 is 39.8. The normalized spacial score (nSPS) is 11.3. The van der Waals surface area contributed by atoms with Gasteiger partial charge in [0, 0.05) is 17.2 Å². The Kier molecular flexibility index (Phi) is 5.30. The van der Waals surface area contributed by atoms with Crippen molar-refractivity contribution < 1.29 is 12.8 Å². The monoisotopic (exact) mass is 372 g/mol. The maximum absolute atomic E-state index is 13.1. The fourth-order valence-electron chi connectivity index (χ4n) is 1.81. The van der Waals surface area contributed by atoms with Crippen LogP contribution in [-0.4, -0.2) is 18.7 Å². The van der Waals surface area contributed by atoms with Gasteiger partial charge in [-0.1, -0.05) is 28.1 Å². The fraction of sp³-hybridized carbons (Fsp3) is 0.214. The Hall–Kier alpha value is -1.47. The highest BCUT2D eigenvalue weighted by Gasteiger charge is 2.15. The molecule has 1 heterocycles. The molecule has 0 fully saturated rings. The molecule has 112 valence electrons. The van der Waals surface area contributed by atoms with E-state index in [2.05, 4.69) is 25.6 Å². The Labute approximate surface area is 131 Å². The summed E-state index contributed by atoms with van der Waals surface area (Å²) in [5.74, 6) is -0.691. The molecule has 1 aromatic carbocycles. The molecule has 7 heteroatoms. The second-order valence-corrected chi connectivity index (χ2v) is 6.91. The van der Waals surface area contributed by atoms with Gasteiger partial charge in [0.25, 0.3) is 10.0 Å². The van der Waals surface area contributed by atoms with Gasteiger partial charge in [-0.2, -0.15) is 0 Å². The topological polar surface area (TPSA) is 59.1 Å². The first-order valence-electron chi connectivity index (χ1n) is 6.29. The van der Waals surface area contributed by atoms with Crippen molar-refractivity contribution in [2.24, 2.45) is 0 Å². The molecule has 0 radical (unpaired) electrons. The van der Waals surface area contributed by atoms with E-state index >= 15 is 0 Å². The van der Waals surface area contributed by atoms with Gasteiger partial charge in [-0.15, -0.1) is 0 Å². The predicted octanol–water partition coefficient (Wildman–Crippen LogP) is 3.35. The van der Waals surface area contributed by atoms with Gasteiger partial charge in [0.15, 0.2) is 0 Å². The average molecular weight is 373 g/mol. The van der Waals surface area contributed by atoms with Gasteiger partial charge in [-0.3, -0.25) is 9.71 Å². The summed E-state index contributed by atoms with van der Waals surface area (Å²) in [5.41, 5.74) is 1.48. The van der Waals surface area contributed by atoms with Gasteiger partial charge in [-0.05, 0) is 36.6 Å². The second kappa shape index (κ2) is 7.00. The van der Waals surface area contributed by atoms with Crippen LogP contribution in [0.5, 0.6) is 0 Å². The van der Waals surface area contributed by atoms with Crippen molar-refractivity contribution in [3.8, 4) is 0 Å². The molecule has 0 saturated heterocycles. The van der Waals surface area contributed by atoms with Crippen molar-refractivity contribution in [1.29, 1.82) is 0 Å². The third-order valence-electron chi connectivity index (χ3n) is 2.77. The number of aryl methyl sites for hydroxylation is 1. The summed E-state index contributed by atoms with van der Waals surface area (Å²) >= 11 is 3.36. The largest absolute Gasteiger partial charge is 0.280 e. The Balaban J connectivity index is 2.20. The van der Waals surface area contributed by atoms with E-state index in [0.717, 1.165) is 42.2 Å². The van der Waals surface area contributed by atoms with Crippen molar-refractivity contribution in [3.05, 3.63) is 54.1 Å². The number of hydrogen-bond donors (Lipinski definition) is 1. The molecule has 0 atom stereocenters. The van der Waals surface area contributed by atoms with Crippen LogP contribution in [0.25, 0.3) is 0 Å². The fourth-order valence-corrected chi connectivity index (χ4v) is 3.12. The molecule has 21 heavy (non-hydrogen) atoms. The summed E-state index contributed by atoms with van der Waals surface area (Å²) in [6.07, 6.45) is 3.88. The molecule has 0 amide bonds. The van der Waals surface area contributed by atoms with E-state index in [1.54, 1.807) is 18.2 Å². The van der Waals surface area contributed by atoms with Crippen LogP contribution in [-0.2, 0) is 16.4 Å². The summed E-state index contributed by atoms with van der Waals surface area (Å²) in [6, 6.07) is 8.08. The van der Waals surface area contributed by atoms with Gasteiger partial charge < -0.3 is 0 Å². The molecule has 0 aliphatic heterocycles. The first kappa shape index (κ1) is 15.9. The standard InChI is InChI=1S/C14H14BrFN2O2S/c15-6-2-4-11-3-1-5-13(7-11)18-21(19,20)14-8-12(16)9-17-10-14/h1,3,5,7-10,18H,2,4,6H2. The molecule has 0 aliphatic carbocycles. The number of nitrogens with one attached hydrogen (secondary N) is 1. The number of halogens is 2.